The van der Waals surface area contributed by atoms with Crippen LogP contribution in [0.4, 0.5) is 0 Å². The average molecular weight is 159 g/mol. The van der Waals surface area contributed by atoms with E-state index in [9.17, 15) is 4.79 Å². The van der Waals surface area contributed by atoms with Crippen molar-refractivity contribution in [2.24, 2.45) is 11.7 Å². The lowest BCUT2D eigenvalue weighted by atomic mass is 9.99. The Morgan fingerprint density at radius 1 is 1.64 bits per heavy atom. The molecule has 4 heteroatoms. The molecule has 11 heavy (non-hydrogen) atoms. The zero-order valence-corrected chi connectivity index (χ0v) is 6.58. The van der Waals surface area contributed by atoms with Crippen LogP contribution in [-0.4, -0.2) is 32.3 Å². The first-order valence-corrected chi connectivity index (χ1v) is 3.65. The van der Waals surface area contributed by atoms with Crippen molar-refractivity contribution in [3.8, 4) is 0 Å². The molecule has 1 aliphatic heterocycles. The lowest BCUT2D eigenvalue weighted by molar-refractivity contribution is -0.150. The Kier molecular flexibility index (Phi) is 2.84. The highest BCUT2D eigenvalue weighted by atomic mass is 16.5. The maximum absolute atomic E-state index is 11.0. The van der Waals surface area contributed by atoms with E-state index in [1.54, 1.807) is 0 Å². The smallest absolute Gasteiger partial charge is 0.311 e. The molecule has 0 unspecified atom stereocenters. The van der Waals surface area contributed by atoms with Crippen LogP contribution in [0.1, 0.15) is 6.42 Å². The summed E-state index contributed by atoms with van der Waals surface area (Å²) in [5.74, 6) is -0.385. The van der Waals surface area contributed by atoms with Gasteiger partial charge >= 0.3 is 5.97 Å². The van der Waals surface area contributed by atoms with Gasteiger partial charge in [-0.3, -0.25) is 4.79 Å². The van der Waals surface area contributed by atoms with E-state index in [0.29, 0.717) is 19.6 Å². The predicted molar refractivity (Wildman–Crippen MR) is 38.9 cm³/mol. The van der Waals surface area contributed by atoms with Crippen molar-refractivity contribution in [2.45, 2.75) is 12.5 Å². The largest absolute Gasteiger partial charge is 0.469 e. The minimum atomic E-state index is -0.222. The quantitative estimate of drug-likeness (QED) is 0.525. The number of carbonyl (C=O) groups excluding carboxylic acids is 1. The number of hydrogen-bond acceptors (Lipinski definition) is 4. The number of ether oxygens (including phenoxy) is 2. The van der Waals surface area contributed by atoms with Crippen LogP contribution in [0.15, 0.2) is 0 Å². The highest BCUT2D eigenvalue weighted by Crippen LogP contribution is 2.13. The van der Waals surface area contributed by atoms with E-state index < -0.39 is 0 Å². The molecule has 1 saturated heterocycles. The predicted octanol–water partition coefficient (Wildman–Crippen LogP) is -0.477. The molecule has 0 aromatic heterocycles. The molecule has 0 aromatic carbocycles. The first-order chi connectivity index (χ1) is 5.24. The average Bonchev–Trinajstić information content (AvgIpc) is 2.03. The van der Waals surface area contributed by atoms with Crippen molar-refractivity contribution in [3.63, 3.8) is 0 Å². The molecule has 64 valence electrons. The first kappa shape index (κ1) is 8.49. The Morgan fingerprint density at radius 3 is 2.91 bits per heavy atom. The second-order valence-electron chi connectivity index (χ2n) is 2.75. The van der Waals surface area contributed by atoms with Crippen LogP contribution < -0.4 is 5.73 Å². The molecule has 4 nitrogen and oxygen atoms in total. The summed E-state index contributed by atoms with van der Waals surface area (Å²) in [5.41, 5.74) is 5.58. The molecule has 0 aromatic rings. The standard InChI is InChI=1S/C7H13NO3/c1-10-7(9)5-2-6(8)4-11-3-5/h5-6H,2-4,8H2,1H3/t5-,6-/m1/s1. The Bertz CT molecular complexity index is 149. The SMILES string of the molecule is COC(=O)[C@H]1COC[C@H](N)C1. The lowest BCUT2D eigenvalue weighted by Gasteiger charge is -2.24. The molecule has 1 rings (SSSR count). The topological polar surface area (TPSA) is 61.5 Å². The van der Waals surface area contributed by atoms with Crippen LogP contribution >= 0.6 is 0 Å². The van der Waals surface area contributed by atoms with Crippen LogP contribution in [0.5, 0.6) is 0 Å². The molecule has 0 amide bonds. The molecule has 1 aliphatic rings. The van der Waals surface area contributed by atoms with Crippen molar-refractivity contribution in [3.05, 3.63) is 0 Å². The number of methoxy groups -OCH3 is 1. The molecular formula is C7H13NO3. The van der Waals surface area contributed by atoms with E-state index in [-0.39, 0.29) is 17.9 Å². The normalized spacial score (nSPS) is 31.5. The summed E-state index contributed by atoms with van der Waals surface area (Å²) in [4.78, 5) is 11.0. The van der Waals surface area contributed by atoms with Gasteiger partial charge in [-0.05, 0) is 6.42 Å². The monoisotopic (exact) mass is 159 g/mol. The number of rotatable bonds is 1. The van der Waals surface area contributed by atoms with Gasteiger partial charge in [0.25, 0.3) is 0 Å². The molecule has 1 fully saturated rings. The van der Waals surface area contributed by atoms with Gasteiger partial charge in [0.15, 0.2) is 0 Å². The van der Waals surface area contributed by atoms with Gasteiger partial charge in [0.05, 0.1) is 26.2 Å². The van der Waals surface area contributed by atoms with Gasteiger partial charge in [0.1, 0.15) is 0 Å². The molecule has 0 aliphatic carbocycles. The Hall–Kier alpha value is -0.610. The fraction of sp³-hybridized carbons (Fsp3) is 0.857. The van der Waals surface area contributed by atoms with Gasteiger partial charge in [-0.1, -0.05) is 0 Å². The summed E-state index contributed by atoms with van der Waals surface area (Å²) in [6.07, 6.45) is 0.673. The number of nitrogens with two attached hydrogens (primary N) is 1. The van der Waals surface area contributed by atoms with Crippen molar-refractivity contribution in [1.29, 1.82) is 0 Å². The van der Waals surface area contributed by atoms with E-state index in [1.807, 2.05) is 0 Å². The van der Waals surface area contributed by atoms with E-state index in [1.165, 1.54) is 7.11 Å². The maximum Gasteiger partial charge on any atom is 0.311 e. The summed E-state index contributed by atoms with van der Waals surface area (Å²) in [6, 6.07) is -0.0205. The highest BCUT2D eigenvalue weighted by Gasteiger charge is 2.26. The van der Waals surface area contributed by atoms with Crippen LogP contribution in [-0.2, 0) is 14.3 Å². The van der Waals surface area contributed by atoms with Crippen molar-refractivity contribution >= 4 is 5.97 Å². The zero-order valence-electron chi connectivity index (χ0n) is 6.58. The lowest BCUT2D eigenvalue weighted by Crippen LogP contribution is -2.39. The van der Waals surface area contributed by atoms with E-state index in [2.05, 4.69) is 4.74 Å². The van der Waals surface area contributed by atoms with E-state index in [0.717, 1.165) is 0 Å². The number of esters is 1. The summed E-state index contributed by atoms with van der Waals surface area (Å²) >= 11 is 0. The zero-order chi connectivity index (χ0) is 8.27. The van der Waals surface area contributed by atoms with Gasteiger partial charge in [-0.2, -0.15) is 0 Å². The van der Waals surface area contributed by atoms with Gasteiger partial charge in [0.2, 0.25) is 0 Å². The molecule has 1 heterocycles. The van der Waals surface area contributed by atoms with Gasteiger partial charge in [-0.15, -0.1) is 0 Å². The van der Waals surface area contributed by atoms with Gasteiger partial charge in [0, 0.05) is 6.04 Å². The minimum Gasteiger partial charge on any atom is -0.469 e. The molecule has 2 N–H and O–H groups in total. The fourth-order valence-corrected chi connectivity index (χ4v) is 1.19. The summed E-state index contributed by atoms with van der Waals surface area (Å²) in [5, 5.41) is 0. The molecule has 0 bridgehead atoms. The summed E-state index contributed by atoms with van der Waals surface area (Å²) < 4.78 is 9.66. The minimum absolute atomic E-state index is 0.0205. The maximum atomic E-state index is 11.0. The number of hydrogen-bond donors (Lipinski definition) is 1. The molecular weight excluding hydrogens is 146 g/mol. The van der Waals surface area contributed by atoms with Crippen LogP contribution in [0, 0.1) is 5.92 Å². The second kappa shape index (κ2) is 3.69. The Morgan fingerprint density at radius 2 is 2.36 bits per heavy atom. The van der Waals surface area contributed by atoms with Gasteiger partial charge < -0.3 is 15.2 Å². The molecule has 2 atom stereocenters. The highest BCUT2D eigenvalue weighted by molar-refractivity contribution is 5.72. The summed E-state index contributed by atoms with van der Waals surface area (Å²) in [7, 11) is 1.38. The van der Waals surface area contributed by atoms with E-state index >= 15 is 0 Å². The fourth-order valence-electron chi connectivity index (χ4n) is 1.19. The second-order valence-corrected chi connectivity index (χ2v) is 2.75. The third-order valence-electron chi connectivity index (χ3n) is 1.77. The van der Waals surface area contributed by atoms with Crippen molar-refractivity contribution < 1.29 is 14.3 Å². The Labute approximate surface area is 65.7 Å². The Balaban J connectivity index is 2.39. The first-order valence-electron chi connectivity index (χ1n) is 3.65. The molecule has 0 spiro atoms. The molecule has 0 radical (unpaired) electrons. The van der Waals surface area contributed by atoms with Gasteiger partial charge in [-0.25, -0.2) is 0 Å². The van der Waals surface area contributed by atoms with Crippen LogP contribution in [0.3, 0.4) is 0 Å². The van der Waals surface area contributed by atoms with Crippen molar-refractivity contribution in [2.75, 3.05) is 20.3 Å². The summed E-state index contributed by atoms with van der Waals surface area (Å²) in [6.45, 7) is 0.994. The van der Waals surface area contributed by atoms with Crippen molar-refractivity contribution in [1.82, 2.24) is 0 Å². The number of carbonyl (C=O) groups is 1. The third kappa shape index (κ3) is 2.17. The van der Waals surface area contributed by atoms with Crippen LogP contribution in [0.2, 0.25) is 0 Å². The van der Waals surface area contributed by atoms with E-state index in [4.69, 9.17) is 10.5 Å². The third-order valence-corrected chi connectivity index (χ3v) is 1.77. The van der Waals surface area contributed by atoms with Crippen LogP contribution in [0.25, 0.3) is 0 Å². The molecule has 0 saturated carbocycles.